The van der Waals surface area contributed by atoms with Crippen LogP contribution >= 0.6 is 0 Å². The summed E-state index contributed by atoms with van der Waals surface area (Å²) in [6.07, 6.45) is 2.49. The standard InChI is InChI=1S/C13H20FNOS/c1-10(15-9-11(2)17(3)16)7-12-5-4-6-13(14)8-12/h4-6,8,10-11,15H,7,9H2,1-3H3. The monoisotopic (exact) mass is 257 g/mol. The Morgan fingerprint density at radius 2 is 2.12 bits per heavy atom. The van der Waals surface area contributed by atoms with E-state index in [2.05, 4.69) is 12.2 Å². The van der Waals surface area contributed by atoms with Crippen LogP contribution in [0.2, 0.25) is 0 Å². The van der Waals surface area contributed by atoms with Gasteiger partial charge in [-0.25, -0.2) is 4.39 Å². The summed E-state index contributed by atoms with van der Waals surface area (Å²) in [5, 5.41) is 3.46. The zero-order chi connectivity index (χ0) is 12.8. The Hall–Kier alpha value is -0.740. The summed E-state index contributed by atoms with van der Waals surface area (Å²) in [7, 11) is -0.799. The average Bonchev–Trinajstić information content (AvgIpc) is 2.25. The molecule has 0 spiro atoms. The predicted octanol–water partition coefficient (Wildman–Crippen LogP) is 2.11. The van der Waals surface area contributed by atoms with Crippen molar-refractivity contribution in [2.24, 2.45) is 0 Å². The SMILES string of the molecule is CC(Cc1cccc(F)c1)NCC(C)S(C)=O. The quantitative estimate of drug-likeness (QED) is 0.845. The first-order valence-electron chi connectivity index (χ1n) is 5.79. The fraction of sp³-hybridized carbons (Fsp3) is 0.538. The largest absolute Gasteiger partial charge is 0.313 e. The Labute approximate surface area is 105 Å². The van der Waals surface area contributed by atoms with E-state index in [4.69, 9.17) is 0 Å². The number of benzene rings is 1. The Morgan fingerprint density at radius 1 is 1.41 bits per heavy atom. The lowest BCUT2D eigenvalue weighted by Crippen LogP contribution is -2.35. The Bertz CT molecular complexity index is 383. The fourth-order valence-electron chi connectivity index (χ4n) is 1.57. The molecule has 0 saturated carbocycles. The van der Waals surface area contributed by atoms with Crippen LogP contribution in [0.25, 0.3) is 0 Å². The smallest absolute Gasteiger partial charge is 0.123 e. The first-order chi connectivity index (χ1) is 7.99. The van der Waals surface area contributed by atoms with Crippen molar-refractivity contribution in [2.45, 2.75) is 31.6 Å². The highest BCUT2D eigenvalue weighted by atomic mass is 32.2. The van der Waals surface area contributed by atoms with Crippen LogP contribution in [0.5, 0.6) is 0 Å². The second-order valence-corrected chi connectivity index (χ2v) is 6.25. The molecule has 0 bridgehead atoms. The maximum Gasteiger partial charge on any atom is 0.123 e. The molecule has 1 aromatic rings. The van der Waals surface area contributed by atoms with Gasteiger partial charge in [0.25, 0.3) is 0 Å². The maximum absolute atomic E-state index is 13.0. The minimum Gasteiger partial charge on any atom is -0.313 e. The molecule has 1 aromatic carbocycles. The zero-order valence-electron chi connectivity index (χ0n) is 10.6. The average molecular weight is 257 g/mol. The number of hydrogen-bond acceptors (Lipinski definition) is 2. The third-order valence-corrected chi connectivity index (χ3v) is 4.05. The topological polar surface area (TPSA) is 29.1 Å². The van der Waals surface area contributed by atoms with Crippen LogP contribution in [0.4, 0.5) is 4.39 Å². The van der Waals surface area contributed by atoms with E-state index in [1.54, 1.807) is 18.4 Å². The zero-order valence-corrected chi connectivity index (χ0v) is 11.4. The maximum atomic E-state index is 13.0. The van der Waals surface area contributed by atoms with Crippen LogP contribution in [-0.4, -0.2) is 28.3 Å². The van der Waals surface area contributed by atoms with Crippen LogP contribution in [0.15, 0.2) is 24.3 Å². The molecular formula is C13H20FNOS. The van der Waals surface area contributed by atoms with E-state index < -0.39 is 10.8 Å². The van der Waals surface area contributed by atoms with Gasteiger partial charge < -0.3 is 5.32 Å². The van der Waals surface area contributed by atoms with Crippen molar-refractivity contribution >= 4 is 10.8 Å². The summed E-state index contributed by atoms with van der Waals surface area (Å²) < 4.78 is 24.2. The molecule has 0 aliphatic heterocycles. The van der Waals surface area contributed by atoms with Crippen molar-refractivity contribution in [1.29, 1.82) is 0 Å². The van der Waals surface area contributed by atoms with Crippen molar-refractivity contribution in [3.05, 3.63) is 35.6 Å². The third-order valence-electron chi connectivity index (χ3n) is 2.75. The summed E-state index contributed by atoms with van der Waals surface area (Å²) in [4.78, 5) is 0. The molecule has 3 atom stereocenters. The molecule has 96 valence electrons. The number of halogens is 1. The highest BCUT2D eigenvalue weighted by Gasteiger charge is 2.09. The summed E-state index contributed by atoms with van der Waals surface area (Å²) >= 11 is 0. The molecule has 3 unspecified atom stereocenters. The van der Waals surface area contributed by atoms with Crippen LogP contribution in [0.1, 0.15) is 19.4 Å². The van der Waals surface area contributed by atoms with Crippen LogP contribution in [0.3, 0.4) is 0 Å². The normalized spacial score (nSPS) is 16.5. The molecule has 1 N–H and O–H groups in total. The van der Waals surface area contributed by atoms with E-state index in [9.17, 15) is 8.60 Å². The van der Waals surface area contributed by atoms with Gasteiger partial charge in [-0.15, -0.1) is 0 Å². The summed E-state index contributed by atoms with van der Waals surface area (Å²) in [5.74, 6) is -0.197. The van der Waals surface area contributed by atoms with Gasteiger partial charge in [0.15, 0.2) is 0 Å². The second kappa shape index (κ2) is 6.87. The first kappa shape index (κ1) is 14.3. The minimum atomic E-state index is -0.799. The summed E-state index contributed by atoms with van der Waals surface area (Å²) in [5.41, 5.74) is 0.982. The van der Waals surface area contributed by atoms with Gasteiger partial charge in [-0.1, -0.05) is 12.1 Å². The van der Waals surface area contributed by atoms with E-state index in [1.807, 2.05) is 13.0 Å². The van der Waals surface area contributed by atoms with Crippen LogP contribution in [-0.2, 0) is 17.2 Å². The predicted molar refractivity (Wildman–Crippen MR) is 71.1 cm³/mol. The fourth-order valence-corrected chi connectivity index (χ4v) is 1.91. The molecular weight excluding hydrogens is 237 g/mol. The molecule has 0 heterocycles. The van der Waals surface area contributed by atoms with Crippen molar-refractivity contribution in [3.8, 4) is 0 Å². The molecule has 0 aliphatic rings. The number of nitrogens with one attached hydrogen (secondary N) is 1. The van der Waals surface area contributed by atoms with Gasteiger partial charge in [0.05, 0.1) is 0 Å². The molecule has 0 aromatic heterocycles. The van der Waals surface area contributed by atoms with E-state index in [0.29, 0.717) is 0 Å². The van der Waals surface area contributed by atoms with Gasteiger partial charge in [-0.2, -0.15) is 0 Å². The lowest BCUT2D eigenvalue weighted by molar-refractivity contribution is 0.541. The van der Waals surface area contributed by atoms with Crippen molar-refractivity contribution in [1.82, 2.24) is 5.32 Å². The Morgan fingerprint density at radius 3 is 2.71 bits per heavy atom. The Kier molecular flexibility index (Phi) is 5.78. The summed E-state index contributed by atoms with van der Waals surface area (Å²) in [6, 6.07) is 6.90. The Balaban J connectivity index is 2.39. The molecule has 0 amide bonds. The molecule has 0 radical (unpaired) electrons. The number of rotatable bonds is 6. The van der Waals surface area contributed by atoms with E-state index in [0.717, 1.165) is 18.5 Å². The van der Waals surface area contributed by atoms with Gasteiger partial charge in [-0.05, 0) is 38.0 Å². The lowest BCUT2D eigenvalue weighted by Gasteiger charge is -2.16. The van der Waals surface area contributed by atoms with Crippen molar-refractivity contribution in [3.63, 3.8) is 0 Å². The molecule has 17 heavy (non-hydrogen) atoms. The van der Waals surface area contributed by atoms with Crippen molar-refractivity contribution < 1.29 is 8.60 Å². The van der Waals surface area contributed by atoms with Gasteiger partial charge in [0.1, 0.15) is 5.82 Å². The molecule has 0 fully saturated rings. The van der Waals surface area contributed by atoms with Crippen LogP contribution < -0.4 is 5.32 Å². The third kappa shape index (κ3) is 5.41. The molecule has 1 rings (SSSR count). The van der Waals surface area contributed by atoms with Gasteiger partial charge in [0.2, 0.25) is 0 Å². The van der Waals surface area contributed by atoms with Gasteiger partial charge >= 0.3 is 0 Å². The second-order valence-electron chi connectivity index (χ2n) is 4.45. The lowest BCUT2D eigenvalue weighted by atomic mass is 10.1. The van der Waals surface area contributed by atoms with Gasteiger partial charge in [0, 0.05) is 34.9 Å². The first-order valence-corrected chi connectivity index (χ1v) is 7.41. The van der Waals surface area contributed by atoms with Crippen LogP contribution in [0, 0.1) is 5.82 Å². The molecule has 2 nitrogen and oxygen atoms in total. The molecule has 0 saturated heterocycles. The van der Waals surface area contributed by atoms with E-state index in [-0.39, 0.29) is 17.1 Å². The highest BCUT2D eigenvalue weighted by Crippen LogP contribution is 2.06. The number of hydrogen-bond donors (Lipinski definition) is 1. The highest BCUT2D eigenvalue weighted by molar-refractivity contribution is 7.84. The van der Waals surface area contributed by atoms with E-state index in [1.165, 1.54) is 6.07 Å². The van der Waals surface area contributed by atoms with Crippen molar-refractivity contribution in [2.75, 3.05) is 12.8 Å². The minimum absolute atomic E-state index is 0.143. The molecule has 0 aliphatic carbocycles. The van der Waals surface area contributed by atoms with E-state index >= 15 is 0 Å². The molecule has 4 heteroatoms. The summed E-state index contributed by atoms with van der Waals surface area (Å²) in [6.45, 7) is 4.73. The van der Waals surface area contributed by atoms with Gasteiger partial charge in [-0.3, -0.25) is 4.21 Å².